The summed E-state index contributed by atoms with van der Waals surface area (Å²) in [5.74, 6) is -0.310. The average molecular weight is 272 g/mol. The maximum atomic E-state index is 11.5. The van der Waals surface area contributed by atoms with Crippen molar-refractivity contribution in [3.05, 3.63) is 30.1 Å². The molecule has 0 amide bonds. The molecule has 4 heteroatoms. The summed E-state index contributed by atoms with van der Waals surface area (Å²) in [6.07, 6.45) is 7.91. The molecule has 2 atom stereocenters. The van der Waals surface area contributed by atoms with Gasteiger partial charge in [0.15, 0.2) is 0 Å². The summed E-state index contributed by atoms with van der Waals surface area (Å²) in [5, 5.41) is 9.40. The van der Waals surface area contributed by atoms with Gasteiger partial charge in [0.05, 0.1) is 22.9 Å². The van der Waals surface area contributed by atoms with Gasteiger partial charge in [0.1, 0.15) is 0 Å². The van der Waals surface area contributed by atoms with Gasteiger partial charge in [-0.25, -0.2) is 9.78 Å². The molecule has 4 nitrogen and oxygen atoms in total. The van der Waals surface area contributed by atoms with Crippen molar-refractivity contribution in [2.75, 3.05) is 0 Å². The molecule has 3 rings (SSSR count). The molecule has 2 aromatic rings. The van der Waals surface area contributed by atoms with E-state index in [2.05, 4.69) is 16.5 Å². The topological polar surface area (TPSA) is 55.1 Å². The minimum absolute atomic E-state index is 0.358. The first kappa shape index (κ1) is 13.2. The molecular weight excluding hydrogens is 252 g/mol. The van der Waals surface area contributed by atoms with E-state index < -0.39 is 5.97 Å². The number of fused-ring (bicyclic) bond motifs is 1. The van der Waals surface area contributed by atoms with Crippen molar-refractivity contribution in [2.45, 2.75) is 45.1 Å². The van der Waals surface area contributed by atoms with Gasteiger partial charge in [-0.3, -0.25) is 0 Å². The minimum atomic E-state index is -0.876. The first-order valence-corrected chi connectivity index (χ1v) is 7.37. The van der Waals surface area contributed by atoms with Crippen LogP contribution in [-0.4, -0.2) is 20.6 Å². The van der Waals surface area contributed by atoms with Crippen molar-refractivity contribution in [3.8, 4) is 0 Å². The maximum absolute atomic E-state index is 11.5. The van der Waals surface area contributed by atoms with E-state index in [1.807, 2.05) is 12.4 Å². The second-order valence-electron chi connectivity index (χ2n) is 5.81. The highest BCUT2D eigenvalue weighted by atomic mass is 16.4. The van der Waals surface area contributed by atoms with Crippen molar-refractivity contribution in [1.82, 2.24) is 9.55 Å². The van der Waals surface area contributed by atoms with Crippen LogP contribution in [-0.2, 0) is 0 Å². The van der Waals surface area contributed by atoms with Crippen LogP contribution in [0.15, 0.2) is 24.5 Å². The third kappa shape index (κ3) is 2.19. The number of carbonyl (C=O) groups is 1. The molecule has 0 aliphatic heterocycles. The fraction of sp³-hybridized carbons (Fsp3) is 0.500. The number of benzene rings is 1. The van der Waals surface area contributed by atoms with E-state index >= 15 is 0 Å². The first-order chi connectivity index (χ1) is 9.68. The highest BCUT2D eigenvalue weighted by Crippen LogP contribution is 2.35. The molecule has 106 valence electrons. The van der Waals surface area contributed by atoms with Crippen LogP contribution < -0.4 is 0 Å². The summed E-state index contributed by atoms with van der Waals surface area (Å²) < 4.78 is 2.11. The van der Waals surface area contributed by atoms with Crippen molar-refractivity contribution >= 4 is 17.0 Å². The first-order valence-electron chi connectivity index (χ1n) is 7.37. The molecule has 2 unspecified atom stereocenters. The van der Waals surface area contributed by atoms with Crippen LogP contribution in [0.25, 0.3) is 11.0 Å². The number of para-hydroxylation sites is 1. The molecule has 1 N–H and O–H groups in total. The number of aromatic carboxylic acids is 1. The summed E-state index contributed by atoms with van der Waals surface area (Å²) in [6, 6.07) is 5.69. The number of imidazole rings is 1. The summed E-state index contributed by atoms with van der Waals surface area (Å²) in [6.45, 7) is 2.27. The molecular formula is C16H20N2O2. The summed E-state index contributed by atoms with van der Waals surface area (Å²) >= 11 is 0. The van der Waals surface area contributed by atoms with Gasteiger partial charge < -0.3 is 9.67 Å². The molecule has 0 bridgehead atoms. The van der Waals surface area contributed by atoms with Crippen LogP contribution in [0.3, 0.4) is 0 Å². The van der Waals surface area contributed by atoms with Crippen molar-refractivity contribution in [2.24, 2.45) is 5.92 Å². The molecule has 1 fully saturated rings. The largest absolute Gasteiger partial charge is 0.478 e. The van der Waals surface area contributed by atoms with Gasteiger partial charge in [-0.1, -0.05) is 32.3 Å². The Labute approximate surface area is 118 Å². The van der Waals surface area contributed by atoms with Crippen LogP contribution in [0.4, 0.5) is 0 Å². The van der Waals surface area contributed by atoms with Gasteiger partial charge in [0.2, 0.25) is 0 Å². The van der Waals surface area contributed by atoms with Gasteiger partial charge >= 0.3 is 5.97 Å². The second kappa shape index (κ2) is 5.27. The van der Waals surface area contributed by atoms with E-state index in [-0.39, 0.29) is 0 Å². The minimum Gasteiger partial charge on any atom is -0.478 e. The quantitative estimate of drug-likeness (QED) is 0.844. The van der Waals surface area contributed by atoms with Crippen molar-refractivity contribution in [1.29, 1.82) is 0 Å². The fourth-order valence-corrected chi connectivity index (χ4v) is 3.40. The summed E-state index contributed by atoms with van der Waals surface area (Å²) in [5.41, 5.74) is 1.91. The fourth-order valence-electron chi connectivity index (χ4n) is 3.40. The number of hydrogen-bond acceptors (Lipinski definition) is 2. The zero-order valence-corrected chi connectivity index (χ0v) is 11.7. The van der Waals surface area contributed by atoms with E-state index in [1.54, 1.807) is 12.1 Å². The zero-order chi connectivity index (χ0) is 14.1. The van der Waals surface area contributed by atoms with E-state index in [4.69, 9.17) is 0 Å². The summed E-state index contributed by atoms with van der Waals surface area (Å²) in [7, 11) is 0. The molecule has 1 aliphatic rings. The van der Waals surface area contributed by atoms with Gasteiger partial charge in [-0.05, 0) is 30.9 Å². The lowest BCUT2D eigenvalue weighted by atomic mass is 9.96. The van der Waals surface area contributed by atoms with Gasteiger partial charge in [0.25, 0.3) is 0 Å². The Bertz CT molecular complexity index is 632. The second-order valence-corrected chi connectivity index (χ2v) is 5.81. The molecule has 1 aliphatic carbocycles. The van der Waals surface area contributed by atoms with Gasteiger partial charge in [-0.15, -0.1) is 0 Å². The van der Waals surface area contributed by atoms with E-state index in [9.17, 15) is 9.90 Å². The summed E-state index contributed by atoms with van der Waals surface area (Å²) in [4.78, 5) is 15.9. The standard InChI is InChI=1S/C16H20N2O2/c1-11-6-3-2-4-9-14(11)18-10-17-13-8-5-7-12(15(13)18)16(19)20/h5,7-8,10-11,14H,2-4,6,9H2,1H3,(H,19,20). The maximum Gasteiger partial charge on any atom is 0.337 e. The highest BCUT2D eigenvalue weighted by molar-refractivity contribution is 6.01. The average Bonchev–Trinajstić information content (AvgIpc) is 2.75. The molecule has 0 saturated heterocycles. The van der Waals surface area contributed by atoms with E-state index in [0.717, 1.165) is 17.5 Å². The van der Waals surface area contributed by atoms with Crippen LogP contribution in [0.2, 0.25) is 0 Å². The third-order valence-electron chi connectivity index (χ3n) is 4.50. The normalized spacial score (nSPS) is 23.6. The van der Waals surface area contributed by atoms with Gasteiger partial charge in [0, 0.05) is 6.04 Å². The van der Waals surface area contributed by atoms with E-state index in [0.29, 0.717) is 17.5 Å². The molecule has 20 heavy (non-hydrogen) atoms. The number of nitrogens with zero attached hydrogens (tertiary/aromatic N) is 2. The zero-order valence-electron chi connectivity index (χ0n) is 11.7. The van der Waals surface area contributed by atoms with Crippen molar-refractivity contribution in [3.63, 3.8) is 0 Å². The number of hydrogen-bond donors (Lipinski definition) is 1. The molecule has 1 saturated carbocycles. The highest BCUT2D eigenvalue weighted by Gasteiger charge is 2.24. The number of rotatable bonds is 2. The Morgan fingerprint density at radius 3 is 2.90 bits per heavy atom. The van der Waals surface area contributed by atoms with Crippen LogP contribution in [0.5, 0.6) is 0 Å². The molecule has 0 spiro atoms. The Morgan fingerprint density at radius 2 is 2.10 bits per heavy atom. The van der Waals surface area contributed by atoms with Crippen LogP contribution in [0, 0.1) is 5.92 Å². The van der Waals surface area contributed by atoms with Crippen LogP contribution >= 0.6 is 0 Å². The Kier molecular flexibility index (Phi) is 3.47. The predicted molar refractivity (Wildman–Crippen MR) is 78.0 cm³/mol. The molecule has 1 aromatic carbocycles. The third-order valence-corrected chi connectivity index (χ3v) is 4.50. The smallest absolute Gasteiger partial charge is 0.337 e. The number of carboxylic acids is 1. The number of carboxylic acid groups (broad SMARTS) is 1. The lowest BCUT2D eigenvalue weighted by Crippen LogP contribution is -2.16. The van der Waals surface area contributed by atoms with Crippen LogP contribution in [0.1, 0.15) is 55.4 Å². The predicted octanol–water partition coefficient (Wildman–Crippen LogP) is 3.88. The lowest BCUT2D eigenvalue weighted by Gasteiger charge is -2.24. The Balaban J connectivity index is 2.13. The molecule has 0 radical (unpaired) electrons. The van der Waals surface area contributed by atoms with Gasteiger partial charge in [-0.2, -0.15) is 0 Å². The van der Waals surface area contributed by atoms with Crippen molar-refractivity contribution < 1.29 is 9.90 Å². The lowest BCUT2D eigenvalue weighted by molar-refractivity contribution is 0.0698. The molecule has 1 aromatic heterocycles. The molecule has 1 heterocycles. The Hall–Kier alpha value is -1.84. The number of aromatic nitrogens is 2. The monoisotopic (exact) mass is 272 g/mol. The SMILES string of the molecule is CC1CCCCCC1n1cnc2cccc(C(=O)O)c21. The Morgan fingerprint density at radius 1 is 1.30 bits per heavy atom. The van der Waals surface area contributed by atoms with E-state index in [1.165, 1.54) is 25.7 Å².